The van der Waals surface area contributed by atoms with Crippen LogP contribution in [0.1, 0.15) is 43.0 Å². The minimum absolute atomic E-state index is 0.0126. The third-order valence-electron chi connectivity index (χ3n) is 6.45. The van der Waals surface area contributed by atoms with E-state index in [1.54, 1.807) is 0 Å². The highest BCUT2D eigenvalue weighted by Gasteiger charge is 2.30. The number of fused-ring (bicyclic) bond motifs is 2. The molecule has 0 unspecified atom stereocenters. The molecule has 2 heteroatoms. The Morgan fingerprint density at radius 1 is 0.353 bits per heavy atom. The van der Waals surface area contributed by atoms with Crippen molar-refractivity contribution >= 4 is 33.9 Å². The van der Waals surface area contributed by atoms with E-state index in [1.165, 1.54) is 0 Å². The normalized spacial score (nSPS) is 16.9. The van der Waals surface area contributed by atoms with Crippen LogP contribution in [0.25, 0.3) is 22.3 Å². The largest absolute Gasteiger partial charge is 0.289 e. The van der Waals surface area contributed by atoms with E-state index in [4.69, 9.17) is 0 Å². The van der Waals surface area contributed by atoms with Crippen LogP contribution in [0.5, 0.6) is 0 Å². The predicted molar refractivity (Wildman–Crippen MR) is 137 cm³/mol. The first kappa shape index (κ1) is 20.1. The van der Waals surface area contributed by atoms with Crippen molar-refractivity contribution in [1.29, 1.82) is 0 Å². The molecule has 0 N–H and O–H groups in total. The lowest BCUT2D eigenvalue weighted by atomic mass is 9.77. The summed E-state index contributed by atoms with van der Waals surface area (Å²) in [6.45, 7) is 0. The standard InChI is InChI=1S/C32H20O2/c33-31-25-17-9-7-15-23(25)29(19-27(31)21-11-3-1-4-12-21)30-20-28(22-13-5-2-6-14-22)32(34)26-18-10-8-16-24(26)30/h1-20H/b30-29+. The molecule has 2 aliphatic carbocycles. The zero-order chi connectivity index (χ0) is 23.1. The van der Waals surface area contributed by atoms with Crippen molar-refractivity contribution in [2.75, 3.05) is 0 Å². The van der Waals surface area contributed by atoms with E-state index >= 15 is 0 Å². The first-order chi connectivity index (χ1) is 16.7. The molecule has 4 aromatic rings. The van der Waals surface area contributed by atoms with Gasteiger partial charge in [0.1, 0.15) is 0 Å². The summed E-state index contributed by atoms with van der Waals surface area (Å²) < 4.78 is 0. The van der Waals surface area contributed by atoms with Crippen LogP contribution in [0.3, 0.4) is 0 Å². The van der Waals surface area contributed by atoms with Gasteiger partial charge in [0.05, 0.1) is 0 Å². The van der Waals surface area contributed by atoms with Crippen molar-refractivity contribution in [3.8, 4) is 0 Å². The Bertz CT molecular complexity index is 1430. The topological polar surface area (TPSA) is 34.1 Å². The maximum atomic E-state index is 13.5. The lowest BCUT2D eigenvalue weighted by Crippen LogP contribution is -2.15. The van der Waals surface area contributed by atoms with Gasteiger partial charge in [-0.3, -0.25) is 9.59 Å². The zero-order valence-corrected chi connectivity index (χ0v) is 18.4. The van der Waals surface area contributed by atoms with Gasteiger partial charge in [-0.1, -0.05) is 109 Å². The Hall–Kier alpha value is -4.56. The average Bonchev–Trinajstić information content (AvgIpc) is 2.91. The molecule has 0 aromatic heterocycles. The maximum Gasteiger partial charge on any atom is 0.194 e. The third-order valence-corrected chi connectivity index (χ3v) is 6.45. The van der Waals surface area contributed by atoms with E-state index < -0.39 is 0 Å². The Morgan fingerprint density at radius 2 is 0.676 bits per heavy atom. The monoisotopic (exact) mass is 436 g/mol. The van der Waals surface area contributed by atoms with Gasteiger partial charge < -0.3 is 0 Å². The second kappa shape index (κ2) is 8.09. The summed E-state index contributed by atoms with van der Waals surface area (Å²) in [4.78, 5) is 26.9. The van der Waals surface area contributed by atoms with Crippen molar-refractivity contribution in [3.05, 3.63) is 155 Å². The van der Waals surface area contributed by atoms with Crippen molar-refractivity contribution in [2.24, 2.45) is 0 Å². The molecule has 0 bridgehead atoms. The molecule has 0 aliphatic heterocycles. The minimum Gasteiger partial charge on any atom is -0.289 e. The fourth-order valence-corrected chi connectivity index (χ4v) is 4.81. The van der Waals surface area contributed by atoms with Gasteiger partial charge in [0, 0.05) is 22.3 Å². The molecular formula is C32H20O2. The second-order valence-electron chi connectivity index (χ2n) is 8.42. The molecule has 0 amide bonds. The Balaban J connectivity index is 1.70. The van der Waals surface area contributed by atoms with Gasteiger partial charge in [0.15, 0.2) is 11.6 Å². The molecule has 2 aliphatic rings. The van der Waals surface area contributed by atoms with E-state index in [2.05, 4.69) is 0 Å². The predicted octanol–water partition coefficient (Wildman–Crippen LogP) is 7.16. The summed E-state index contributed by atoms with van der Waals surface area (Å²) in [6.07, 6.45) is 3.97. The summed E-state index contributed by atoms with van der Waals surface area (Å²) in [5.41, 5.74) is 8.09. The summed E-state index contributed by atoms with van der Waals surface area (Å²) in [6, 6.07) is 35.0. The highest BCUT2D eigenvalue weighted by Crippen LogP contribution is 2.43. The SMILES string of the molecule is O=C1C(c2ccccc2)=C/C(=C2/C=C(c3ccccc3)C(=O)c3ccccc32)c2ccccc21. The van der Waals surface area contributed by atoms with Crippen molar-refractivity contribution in [3.63, 3.8) is 0 Å². The minimum atomic E-state index is 0.0126. The molecule has 0 atom stereocenters. The van der Waals surface area contributed by atoms with Gasteiger partial charge in [-0.2, -0.15) is 0 Å². The van der Waals surface area contributed by atoms with Crippen LogP contribution < -0.4 is 0 Å². The third kappa shape index (κ3) is 3.20. The zero-order valence-electron chi connectivity index (χ0n) is 18.4. The van der Waals surface area contributed by atoms with Crippen LogP contribution in [0.4, 0.5) is 0 Å². The lowest BCUT2D eigenvalue weighted by Gasteiger charge is -2.25. The molecule has 0 radical (unpaired) electrons. The van der Waals surface area contributed by atoms with Crippen LogP contribution in [-0.2, 0) is 0 Å². The molecule has 4 aromatic carbocycles. The van der Waals surface area contributed by atoms with Crippen LogP contribution in [0.2, 0.25) is 0 Å². The number of carbonyl (C=O) groups excluding carboxylic acids is 2. The molecule has 0 saturated carbocycles. The smallest absolute Gasteiger partial charge is 0.194 e. The molecule has 0 fully saturated rings. The quantitative estimate of drug-likeness (QED) is 0.334. The van der Waals surface area contributed by atoms with Crippen LogP contribution >= 0.6 is 0 Å². The number of carbonyl (C=O) groups is 2. The molecule has 34 heavy (non-hydrogen) atoms. The van der Waals surface area contributed by atoms with E-state index in [9.17, 15) is 9.59 Å². The van der Waals surface area contributed by atoms with E-state index in [0.29, 0.717) is 22.3 Å². The Labute approximate surface area is 198 Å². The molecule has 6 rings (SSSR count). The van der Waals surface area contributed by atoms with Gasteiger partial charge in [-0.25, -0.2) is 0 Å². The van der Waals surface area contributed by atoms with Crippen molar-refractivity contribution < 1.29 is 9.59 Å². The fourth-order valence-electron chi connectivity index (χ4n) is 4.81. The molecule has 160 valence electrons. The maximum absolute atomic E-state index is 13.5. The van der Waals surface area contributed by atoms with Gasteiger partial charge in [0.25, 0.3) is 0 Å². The van der Waals surface area contributed by atoms with Crippen LogP contribution in [0, 0.1) is 0 Å². The number of hydrogen-bond donors (Lipinski definition) is 0. The number of ketones is 2. The molecule has 0 heterocycles. The van der Waals surface area contributed by atoms with Crippen LogP contribution in [0.15, 0.2) is 121 Å². The summed E-state index contributed by atoms with van der Waals surface area (Å²) in [5.74, 6) is 0.0252. The second-order valence-corrected chi connectivity index (χ2v) is 8.42. The summed E-state index contributed by atoms with van der Waals surface area (Å²) in [5, 5.41) is 0. The van der Waals surface area contributed by atoms with E-state index in [0.717, 1.165) is 33.4 Å². The average molecular weight is 437 g/mol. The molecule has 2 nitrogen and oxygen atoms in total. The summed E-state index contributed by atoms with van der Waals surface area (Å²) >= 11 is 0. The highest BCUT2D eigenvalue weighted by atomic mass is 16.1. The number of hydrogen-bond acceptors (Lipinski definition) is 2. The molecule has 0 saturated heterocycles. The van der Waals surface area contributed by atoms with E-state index in [1.807, 2.05) is 121 Å². The Kier molecular flexibility index (Phi) is 4.78. The highest BCUT2D eigenvalue weighted by molar-refractivity contribution is 6.38. The van der Waals surface area contributed by atoms with Crippen molar-refractivity contribution in [1.82, 2.24) is 0 Å². The first-order valence-electron chi connectivity index (χ1n) is 11.3. The molecular weight excluding hydrogens is 416 g/mol. The van der Waals surface area contributed by atoms with Gasteiger partial charge in [0.2, 0.25) is 0 Å². The molecule has 0 spiro atoms. The van der Waals surface area contributed by atoms with Gasteiger partial charge in [-0.15, -0.1) is 0 Å². The number of Topliss-reactive ketones (excluding diaryl/α,β-unsaturated/α-hetero) is 2. The first-order valence-corrected chi connectivity index (χ1v) is 11.3. The summed E-state index contributed by atoms with van der Waals surface area (Å²) in [7, 11) is 0. The lowest BCUT2D eigenvalue weighted by molar-refractivity contribution is 0.104. The van der Waals surface area contributed by atoms with Gasteiger partial charge >= 0.3 is 0 Å². The number of rotatable bonds is 2. The van der Waals surface area contributed by atoms with Crippen LogP contribution in [-0.4, -0.2) is 11.6 Å². The van der Waals surface area contributed by atoms with E-state index in [-0.39, 0.29) is 11.6 Å². The Morgan fingerprint density at radius 3 is 1.06 bits per heavy atom. The van der Waals surface area contributed by atoms with Gasteiger partial charge in [-0.05, 0) is 45.6 Å². The fraction of sp³-hybridized carbons (Fsp3) is 0. The number of allylic oxidation sites excluding steroid dienone is 6. The van der Waals surface area contributed by atoms with Crippen molar-refractivity contribution in [2.45, 2.75) is 0 Å². The number of benzene rings is 4.